The molecule has 0 amide bonds. The second kappa shape index (κ2) is 5.45. The summed E-state index contributed by atoms with van der Waals surface area (Å²) in [5.41, 5.74) is 1.19. The normalized spacial score (nSPS) is 12.5. The maximum Gasteiger partial charge on any atom is 0.202 e. The fourth-order valence-corrected chi connectivity index (χ4v) is 1.97. The molecular weight excluding hydrogens is 248 g/mol. The van der Waals surface area contributed by atoms with Gasteiger partial charge in [-0.3, -0.25) is 4.79 Å². The lowest BCUT2D eigenvalue weighted by Crippen LogP contribution is -2.04. The highest BCUT2D eigenvalue weighted by Gasteiger charge is 2.08. The third kappa shape index (κ3) is 3.96. The van der Waals surface area contributed by atoms with E-state index in [2.05, 4.69) is 15.9 Å². The van der Waals surface area contributed by atoms with Crippen LogP contribution in [0.5, 0.6) is 0 Å². The molecule has 0 radical (unpaired) electrons. The summed E-state index contributed by atoms with van der Waals surface area (Å²) in [5, 5.41) is 0.184. The highest BCUT2D eigenvalue weighted by molar-refractivity contribution is 9.10. The van der Waals surface area contributed by atoms with E-state index < -0.39 is 0 Å². The number of halogens is 1. The molecule has 1 nitrogen and oxygen atoms in total. The van der Waals surface area contributed by atoms with Gasteiger partial charge >= 0.3 is 0 Å². The van der Waals surface area contributed by atoms with Crippen molar-refractivity contribution in [1.29, 1.82) is 0 Å². The zero-order valence-corrected chi connectivity index (χ0v) is 9.77. The third-order valence-corrected chi connectivity index (χ3v) is 3.38. The van der Waals surface area contributed by atoms with E-state index in [0.717, 1.165) is 5.75 Å². The van der Waals surface area contributed by atoms with Crippen LogP contribution in [0.3, 0.4) is 0 Å². The van der Waals surface area contributed by atoms with E-state index in [1.165, 1.54) is 17.3 Å². The molecule has 0 saturated carbocycles. The SMILES string of the molecule is CC(Br)C(=O)SCc1ccccc1. The number of carbonyl (C=O) groups is 1. The number of hydrogen-bond acceptors (Lipinski definition) is 2. The minimum Gasteiger partial charge on any atom is -0.286 e. The standard InChI is InChI=1S/C10H11BrOS/c1-8(11)10(12)13-7-9-5-3-2-4-6-9/h2-6,8H,7H2,1H3. The van der Waals surface area contributed by atoms with Crippen LogP contribution in [-0.4, -0.2) is 9.94 Å². The molecule has 0 bridgehead atoms. The van der Waals surface area contributed by atoms with Crippen molar-refractivity contribution >= 4 is 32.8 Å². The van der Waals surface area contributed by atoms with Gasteiger partial charge in [0.05, 0.1) is 4.83 Å². The van der Waals surface area contributed by atoms with Gasteiger partial charge in [0.25, 0.3) is 0 Å². The molecule has 1 aromatic rings. The second-order valence-corrected chi connectivity index (χ2v) is 5.06. The van der Waals surface area contributed by atoms with Crippen LogP contribution in [0.4, 0.5) is 0 Å². The Morgan fingerprint density at radius 3 is 2.62 bits per heavy atom. The van der Waals surface area contributed by atoms with Gasteiger partial charge in [-0.15, -0.1) is 0 Å². The molecule has 0 heterocycles. The zero-order chi connectivity index (χ0) is 9.68. The molecular formula is C10H11BrOS. The highest BCUT2D eigenvalue weighted by atomic mass is 79.9. The van der Waals surface area contributed by atoms with Crippen molar-refractivity contribution in [1.82, 2.24) is 0 Å². The van der Waals surface area contributed by atoms with E-state index in [0.29, 0.717) is 0 Å². The maximum atomic E-state index is 11.2. The Kier molecular flexibility index (Phi) is 4.53. The number of hydrogen-bond donors (Lipinski definition) is 0. The Balaban J connectivity index is 2.40. The van der Waals surface area contributed by atoms with Gasteiger partial charge in [0.1, 0.15) is 0 Å². The third-order valence-electron chi connectivity index (χ3n) is 1.55. The van der Waals surface area contributed by atoms with Crippen LogP contribution in [0.2, 0.25) is 0 Å². The largest absolute Gasteiger partial charge is 0.286 e. The average Bonchev–Trinajstić information content (AvgIpc) is 2.15. The summed E-state index contributed by atoms with van der Waals surface area (Å²) in [6.07, 6.45) is 0. The highest BCUT2D eigenvalue weighted by Crippen LogP contribution is 2.17. The summed E-state index contributed by atoms with van der Waals surface area (Å²) in [6.45, 7) is 1.85. The first-order chi connectivity index (χ1) is 6.20. The van der Waals surface area contributed by atoms with E-state index in [-0.39, 0.29) is 9.94 Å². The van der Waals surface area contributed by atoms with Gasteiger partial charge in [-0.05, 0) is 12.5 Å². The molecule has 3 heteroatoms. The van der Waals surface area contributed by atoms with Gasteiger partial charge in [-0.2, -0.15) is 0 Å². The summed E-state index contributed by atoms with van der Waals surface area (Å²) in [5.74, 6) is 0.760. The predicted octanol–water partition coefficient (Wildman–Crippen LogP) is 3.23. The van der Waals surface area contributed by atoms with Gasteiger partial charge in [-0.1, -0.05) is 58.0 Å². The van der Waals surface area contributed by atoms with Gasteiger partial charge < -0.3 is 0 Å². The van der Waals surface area contributed by atoms with Crippen LogP contribution in [0.15, 0.2) is 30.3 Å². The summed E-state index contributed by atoms with van der Waals surface area (Å²) in [6, 6.07) is 10.00. The summed E-state index contributed by atoms with van der Waals surface area (Å²) in [7, 11) is 0. The number of thioether (sulfide) groups is 1. The van der Waals surface area contributed by atoms with E-state index in [9.17, 15) is 4.79 Å². The summed E-state index contributed by atoms with van der Waals surface area (Å²) in [4.78, 5) is 11.2. The Morgan fingerprint density at radius 2 is 2.08 bits per heavy atom. The van der Waals surface area contributed by atoms with Crippen LogP contribution in [0.1, 0.15) is 12.5 Å². The van der Waals surface area contributed by atoms with Crippen molar-refractivity contribution in [2.24, 2.45) is 0 Å². The van der Waals surface area contributed by atoms with Crippen molar-refractivity contribution in [2.45, 2.75) is 17.5 Å². The molecule has 0 N–H and O–H groups in total. The van der Waals surface area contributed by atoms with Crippen LogP contribution >= 0.6 is 27.7 Å². The van der Waals surface area contributed by atoms with Crippen LogP contribution in [0.25, 0.3) is 0 Å². The minimum atomic E-state index is -0.0544. The predicted molar refractivity (Wildman–Crippen MR) is 61.1 cm³/mol. The molecule has 0 saturated heterocycles. The van der Waals surface area contributed by atoms with Gasteiger partial charge in [-0.25, -0.2) is 0 Å². The quantitative estimate of drug-likeness (QED) is 0.775. The molecule has 0 aliphatic carbocycles. The van der Waals surface area contributed by atoms with Gasteiger partial charge in [0.15, 0.2) is 0 Å². The van der Waals surface area contributed by atoms with Crippen molar-refractivity contribution in [3.8, 4) is 0 Å². The number of carbonyl (C=O) groups excluding carboxylic acids is 1. The molecule has 0 fully saturated rings. The van der Waals surface area contributed by atoms with Gasteiger partial charge in [0, 0.05) is 5.75 Å². The molecule has 1 rings (SSSR count). The molecule has 0 aromatic heterocycles. The fraction of sp³-hybridized carbons (Fsp3) is 0.300. The van der Waals surface area contributed by atoms with Crippen molar-refractivity contribution in [3.05, 3.63) is 35.9 Å². The summed E-state index contributed by atoms with van der Waals surface area (Å²) < 4.78 is 0. The first kappa shape index (κ1) is 10.8. The van der Waals surface area contributed by atoms with Crippen molar-refractivity contribution in [2.75, 3.05) is 0 Å². The Hall–Kier alpha value is -0.280. The molecule has 13 heavy (non-hydrogen) atoms. The summed E-state index contributed by atoms with van der Waals surface area (Å²) >= 11 is 4.59. The molecule has 0 aliphatic heterocycles. The lowest BCUT2D eigenvalue weighted by atomic mass is 10.2. The maximum absolute atomic E-state index is 11.2. The Morgan fingerprint density at radius 1 is 1.46 bits per heavy atom. The second-order valence-electron chi connectivity index (χ2n) is 2.71. The monoisotopic (exact) mass is 258 g/mol. The van der Waals surface area contributed by atoms with Gasteiger partial charge in [0.2, 0.25) is 5.12 Å². The lowest BCUT2D eigenvalue weighted by molar-refractivity contribution is -0.110. The fourth-order valence-electron chi connectivity index (χ4n) is 0.844. The van der Waals surface area contributed by atoms with Crippen LogP contribution < -0.4 is 0 Å². The molecule has 0 spiro atoms. The number of rotatable bonds is 3. The van der Waals surface area contributed by atoms with Crippen molar-refractivity contribution in [3.63, 3.8) is 0 Å². The molecule has 0 aliphatic rings. The molecule has 1 atom stereocenters. The molecule has 1 aromatic carbocycles. The average molecular weight is 259 g/mol. The molecule has 1 unspecified atom stereocenters. The Labute approximate surface area is 91.0 Å². The van der Waals surface area contributed by atoms with Crippen LogP contribution in [0, 0.1) is 0 Å². The number of alkyl halides is 1. The number of benzene rings is 1. The smallest absolute Gasteiger partial charge is 0.202 e. The van der Waals surface area contributed by atoms with E-state index in [1.54, 1.807) is 0 Å². The topological polar surface area (TPSA) is 17.1 Å². The lowest BCUT2D eigenvalue weighted by Gasteiger charge is -2.01. The van der Waals surface area contributed by atoms with E-state index in [1.807, 2.05) is 37.3 Å². The molecule has 70 valence electrons. The van der Waals surface area contributed by atoms with E-state index >= 15 is 0 Å². The first-order valence-corrected chi connectivity index (χ1v) is 5.95. The van der Waals surface area contributed by atoms with Crippen molar-refractivity contribution < 1.29 is 4.79 Å². The minimum absolute atomic E-state index is 0.0544. The Bertz CT molecular complexity index is 272. The van der Waals surface area contributed by atoms with Crippen LogP contribution in [-0.2, 0) is 10.5 Å². The zero-order valence-electron chi connectivity index (χ0n) is 7.37. The van der Waals surface area contributed by atoms with E-state index in [4.69, 9.17) is 0 Å². The first-order valence-electron chi connectivity index (χ1n) is 4.05.